The van der Waals surface area contributed by atoms with Crippen LogP contribution in [0.4, 0.5) is 5.95 Å². The fraction of sp³-hybridized carbons (Fsp3) is 0.154. The minimum Gasteiger partial charge on any atom is -0.497 e. The van der Waals surface area contributed by atoms with E-state index in [0.717, 1.165) is 16.7 Å². The molecule has 7 nitrogen and oxygen atoms in total. The van der Waals surface area contributed by atoms with Gasteiger partial charge in [-0.05, 0) is 18.2 Å². The number of fused-ring (bicyclic) bond motifs is 1. The number of rotatable bonds is 4. The molecule has 0 radical (unpaired) electrons. The summed E-state index contributed by atoms with van der Waals surface area (Å²) in [4.78, 5) is 15.7. The molecule has 0 bridgehead atoms. The Bertz CT molecular complexity index is 733. The van der Waals surface area contributed by atoms with E-state index in [9.17, 15) is 4.79 Å². The molecule has 3 rings (SSSR count). The van der Waals surface area contributed by atoms with Gasteiger partial charge in [-0.15, -0.1) is 0 Å². The fourth-order valence-electron chi connectivity index (χ4n) is 1.94. The lowest BCUT2D eigenvalue weighted by molar-refractivity contribution is -0.115. The van der Waals surface area contributed by atoms with Crippen LogP contribution in [0.15, 0.2) is 35.2 Å². The Morgan fingerprint density at radius 3 is 3.15 bits per heavy atom. The van der Waals surface area contributed by atoms with Crippen LogP contribution < -0.4 is 10.1 Å². The van der Waals surface area contributed by atoms with Crippen molar-refractivity contribution >= 4 is 22.8 Å². The van der Waals surface area contributed by atoms with Crippen molar-refractivity contribution in [3.05, 3.63) is 36.4 Å². The number of ether oxygens (including phenoxy) is 1. The predicted molar refractivity (Wildman–Crippen MR) is 71.5 cm³/mol. The van der Waals surface area contributed by atoms with Crippen LogP contribution in [0.3, 0.4) is 0 Å². The van der Waals surface area contributed by atoms with Crippen LogP contribution in [-0.2, 0) is 11.2 Å². The number of aromatic nitrogens is 3. The summed E-state index contributed by atoms with van der Waals surface area (Å²) in [6.45, 7) is 0. The van der Waals surface area contributed by atoms with Crippen LogP contribution in [0.1, 0.15) is 5.56 Å². The lowest BCUT2D eigenvalue weighted by Crippen LogP contribution is -2.15. The number of methoxy groups -OCH3 is 1. The first-order valence-corrected chi connectivity index (χ1v) is 5.95. The molecule has 2 N–H and O–H groups in total. The van der Waals surface area contributed by atoms with E-state index in [1.54, 1.807) is 13.4 Å². The van der Waals surface area contributed by atoms with Crippen molar-refractivity contribution < 1.29 is 13.9 Å². The normalized spacial score (nSPS) is 10.7. The number of carbonyl (C=O) groups is 1. The second-order valence-electron chi connectivity index (χ2n) is 4.18. The molecule has 2 aromatic heterocycles. The van der Waals surface area contributed by atoms with Crippen molar-refractivity contribution in [3.63, 3.8) is 0 Å². The van der Waals surface area contributed by atoms with Gasteiger partial charge < -0.3 is 9.15 Å². The third-order valence-corrected chi connectivity index (χ3v) is 2.88. The minimum absolute atomic E-state index is 0.181. The molecule has 7 heteroatoms. The van der Waals surface area contributed by atoms with E-state index in [2.05, 4.69) is 20.5 Å². The second-order valence-corrected chi connectivity index (χ2v) is 4.18. The fourth-order valence-corrected chi connectivity index (χ4v) is 1.94. The number of benzene rings is 1. The molecule has 1 amide bonds. The molecular formula is C13H12N4O3. The molecule has 0 aliphatic carbocycles. The maximum Gasteiger partial charge on any atom is 0.231 e. The van der Waals surface area contributed by atoms with Gasteiger partial charge in [0.1, 0.15) is 17.7 Å². The van der Waals surface area contributed by atoms with Gasteiger partial charge in [0.25, 0.3) is 0 Å². The van der Waals surface area contributed by atoms with Crippen LogP contribution in [-0.4, -0.2) is 28.2 Å². The standard InChI is InChI=1S/C13H12N4O3/c1-19-9-2-3-11-10(5-9)8(6-20-11)4-12(18)16-13-14-7-15-17-13/h2-3,5-7H,4H2,1H3,(H2,14,15,16,17,18). The number of anilines is 1. The van der Waals surface area contributed by atoms with Crippen LogP contribution in [0.25, 0.3) is 11.0 Å². The maximum atomic E-state index is 11.9. The van der Waals surface area contributed by atoms with Gasteiger partial charge in [0.05, 0.1) is 19.8 Å². The number of hydrogen-bond acceptors (Lipinski definition) is 5. The summed E-state index contributed by atoms with van der Waals surface area (Å²) in [5, 5.41) is 9.70. The minimum atomic E-state index is -0.202. The van der Waals surface area contributed by atoms with Gasteiger partial charge >= 0.3 is 0 Å². The Morgan fingerprint density at radius 1 is 1.50 bits per heavy atom. The van der Waals surface area contributed by atoms with Gasteiger partial charge in [-0.3, -0.25) is 10.1 Å². The Morgan fingerprint density at radius 2 is 2.40 bits per heavy atom. The van der Waals surface area contributed by atoms with Gasteiger partial charge in [0.15, 0.2) is 0 Å². The number of aromatic amines is 1. The number of carbonyl (C=O) groups excluding carboxylic acids is 1. The molecule has 0 spiro atoms. The van der Waals surface area contributed by atoms with Gasteiger partial charge in [0.2, 0.25) is 11.9 Å². The molecule has 2 heterocycles. The number of furan rings is 1. The lowest BCUT2D eigenvalue weighted by Gasteiger charge is -2.01. The summed E-state index contributed by atoms with van der Waals surface area (Å²) in [7, 11) is 1.59. The largest absolute Gasteiger partial charge is 0.497 e. The van der Waals surface area contributed by atoms with E-state index < -0.39 is 0 Å². The number of nitrogens with zero attached hydrogens (tertiary/aromatic N) is 2. The SMILES string of the molecule is COc1ccc2occ(CC(=O)Nc3ncn[nH]3)c2c1. The zero-order valence-electron chi connectivity index (χ0n) is 10.7. The Balaban J connectivity index is 1.81. The van der Waals surface area contributed by atoms with E-state index >= 15 is 0 Å². The molecule has 102 valence electrons. The Labute approximate surface area is 114 Å². The van der Waals surface area contributed by atoms with Gasteiger partial charge in [-0.25, -0.2) is 5.10 Å². The highest BCUT2D eigenvalue weighted by atomic mass is 16.5. The summed E-state index contributed by atoms with van der Waals surface area (Å²) in [5.74, 6) is 0.837. The van der Waals surface area contributed by atoms with Crippen molar-refractivity contribution in [2.45, 2.75) is 6.42 Å². The average molecular weight is 272 g/mol. The molecule has 0 saturated heterocycles. The van der Waals surface area contributed by atoms with Gasteiger partial charge in [-0.2, -0.15) is 10.1 Å². The van der Waals surface area contributed by atoms with E-state index in [1.165, 1.54) is 6.33 Å². The summed E-state index contributed by atoms with van der Waals surface area (Å²) in [5.41, 5.74) is 1.50. The third kappa shape index (κ3) is 2.33. The lowest BCUT2D eigenvalue weighted by atomic mass is 10.1. The summed E-state index contributed by atoms with van der Waals surface area (Å²) in [6, 6.07) is 5.46. The molecule has 0 saturated carbocycles. The maximum absolute atomic E-state index is 11.9. The first-order valence-electron chi connectivity index (χ1n) is 5.95. The van der Waals surface area contributed by atoms with Crippen molar-refractivity contribution in [1.29, 1.82) is 0 Å². The Hall–Kier alpha value is -2.83. The van der Waals surface area contributed by atoms with Crippen molar-refractivity contribution in [2.24, 2.45) is 0 Å². The Kier molecular flexibility index (Phi) is 3.08. The van der Waals surface area contributed by atoms with Crippen LogP contribution >= 0.6 is 0 Å². The summed E-state index contributed by atoms with van der Waals surface area (Å²) in [6.07, 6.45) is 3.08. The van der Waals surface area contributed by atoms with Gasteiger partial charge in [0, 0.05) is 10.9 Å². The molecule has 1 aromatic carbocycles. The number of amides is 1. The second kappa shape index (κ2) is 5.04. The third-order valence-electron chi connectivity index (χ3n) is 2.88. The first kappa shape index (κ1) is 12.2. The topological polar surface area (TPSA) is 93.0 Å². The molecule has 0 fully saturated rings. The zero-order chi connectivity index (χ0) is 13.9. The summed E-state index contributed by atoms with van der Waals surface area (Å²) < 4.78 is 10.6. The monoisotopic (exact) mass is 272 g/mol. The molecular weight excluding hydrogens is 260 g/mol. The van der Waals surface area contributed by atoms with Crippen LogP contribution in [0, 0.1) is 0 Å². The predicted octanol–water partition coefficient (Wildman–Crippen LogP) is 1.74. The highest BCUT2D eigenvalue weighted by molar-refractivity contribution is 5.94. The number of nitrogens with one attached hydrogen (secondary N) is 2. The quantitative estimate of drug-likeness (QED) is 0.754. The van der Waals surface area contributed by atoms with E-state index in [1.807, 2.05) is 18.2 Å². The molecule has 0 aliphatic rings. The van der Waals surface area contributed by atoms with Crippen molar-refractivity contribution in [1.82, 2.24) is 15.2 Å². The molecule has 20 heavy (non-hydrogen) atoms. The zero-order valence-corrected chi connectivity index (χ0v) is 10.7. The van der Waals surface area contributed by atoms with E-state index in [4.69, 9.17) is 9.15 Å². The molecule has 0 atom stereocenters. The van der Waals surface area contributed by atoms with Crippen LogP contribution in [0.5, 0.6) is 5.75 Å². The van der Waals surface area contributed by atoms with Crippen molar-refractivity contribution in [2.75, 3.05) is 12.4 Å². The number of H-pyrrole nitrogens is 1. The molecule has 0 aliphatic heterocycles. The average Bonchev–Trinajstić information content (AvgIpc) is 3.08. The van der Waals surface area contributed by atoms with E-state index in [0.29, 0.717) is 11.5 Å². The first-order chi connectivity index (χ1) is 9.76. The van der Waals surface area contributed by atoms with Crippen LogP contribution in [0.2, 0.25) is 0 Å². The summed E-state index contributed by atoms with van der Waals surface area (Å²) >= 11 is 0. The van der Waals surface area contributed by atoms with Crippen molar-refractivity contribution in [3.8, 4) is 5.75 Å². The molecule has 0 unspecified atom stereocenters. The van der Waals surface area contributed by atoms with Gasteiger partial charge in [-0.1, -0.05) is 0 Å². The number of hydrogen-bond donors (Lipinski definition) is 2. The highest BCUT2D eigenvalue weighted by Crippen LogP contribution is 2.26. The van der Waals surface area contributed by atoms with E-state index in [-0.39, 0.29) is 12.3 Å². The smallest absolute Gasteiger partial charge is 0.231 e. The highest BCUT2D eigenvalue weighted by Gasteiger charge is 2.12. The molecule has 3 aromatic rings.